The van der Waals surface area contributed by atoms with Crippen LogP contribution in [0.15, 0.2) is 101 Å². The van der Waals surface area contributed by atoms with Crippen molar-refractivity contribution in [3.05, 3.63) is 113 Å². The van der Waals surface area contributed by atoms with Gasteiger partial charge < -0.3 is 0 Å². The van der Waals surface area contributed by atoms with Crippen LogP contribution in [0.5, 0.6) is 0 Å². The summed E-state index contributed by atoms with van der Waals surface area (Å²) in [5.74, 6) is 0. The van der Waals surface area contributed by atoms with Gasteiger partial charge in [0.15, 0.2) is 0 Å². The molecule has 32 heavy (non-hydrogen) atoms. The number of aryl methyl sites for hydroxylation is 1. The Balaban J connectivity index is 1.88. The molecule has 3 aromatic rings. The first kappa shape index (κ1) is 22.5. The van der Waals surface area contributed by atoms with E-state index in [1.54, 1.807) is 16.4 Å². The molecule has 0 spiro atoms. The van der Waals surface area contributed by atoms with Crippen LogP contribution in [0.25, 0.3) is 0 Å². The summed E-state index contributed by atoms with van der Waals surface area (Å²) >= 11 is 0. The maximum Gasteiger partial charge on any atom is 0.243 e. The summed E-state index contributed by atoms with van der Waals surface area (Å²) in [6.07, 6.45) is 3.77. The molecule has 0 radical (unpaired) electrons. The van der Waals surface area contributed by atoms with Crippen LogP contribution in [0.1, 0.15) is 43.4 Å². The first-order valence-corrected chi connectivity index (χ1v) is 12.7. The van der Waals surface area contributed by atoms with Crippen molar-refractivity contribution in [2.75, 3.05) is 6.54 Å². The van der Waals surface area contributed by atoms with Gasteiger partial charge in [-0.15, -0.1) is 0 Å². The van der Waals surface area contributed by atoms with Gasteiger partial charge in [-0.1, -0.05) is 96.9 Å². The average molecular weight is 446 g/mol. The molecule has 0 saturated carbocycles. The molecular weight excluding hydrogens is 414 g/mol. The quantitative estimate of drug-likeness (QED) is 0.430. The van der Waals surface area contributed by atoms with Gasteiger partial charge in [-0.2, -0.15) is 4.31 Å². The van der Waals surface area contributed by atoms with Gasteiger partial charge in [-0.25, -0.2) is 8.42 Å². The van der Waals surface area contributed by atoms with E-state index in [2.05, 4.69) is 44.2 Å². The average Bonchev–Trinajstić information content (AvgIpc) is 3.21. The van der Waals surface area contributed by atoms with Gasteiger partial charge in [0.1, 0.15) is 0 Å². The molecule has 1 aliphatic rings. The van der Waals surface area contributed by atoms with Crippen molar-refractivity contribution in [1.82, 2.24) is 4.31 Å². The van der Waals surface area contributed by atoms with Crippen LogP contribution in [-0.2, 0) is 15.4 Å². The fourth-order valence-corrected chi connectivity index (χ4v) is 6.34. The van der Waals surface area contributed by atoms with Gasteiger partial charge in [-0.3, -0.25) is 0 Å². The minimum absolute atomic E-state index is 0.207. The van der Waals surface area contributed by atoms with Crippen LogP contribution in [-0.4, -0.2) is 25.3 Å². The zero-order chi connectivity index (χ0) is 22.8. The Morgan fingerprint density at radius 1 is 0.938 bits per heavy atom. The topological polar surface area (TPSA) is 37.4 Å². The van der Waals surface area contributed by atoms with E-state index in [1.165, 1.54) is 5.57 Å². The highest BCUT2D eigenvalue weighted by molar-refractivity contribution is 7.89. The molecule has 1 saturated heterocycles. The molecule has 1 aliphatic heterocycles. The lowest BCUT2D eigenvalue weighted by molar-refractivity contribution is 0.422. The van der Waals surface area contributed by atoms with Crippen LogP contribution in [0.4, 0.5) is 0 Å². The summed E-state index contributed by atoms with van der Waals surface area (Å²) in [5, 5.41) is 0. The second-order valence-corrected chi connectivity index (χ2v) is 10.7. The van der Waals surface area contributed by atoms with E-state index in [-0.39, 0.29) is 6.04 Å². The molecule has 3 nitrogen and oxygen atoms in total. The Hall–Kier alpha value is -2.69. The van der Waals surface area contributed by atoms with Gasteiger partial charge in [-0.05, 0) is 49.9 Å². The second-order valence-electron chi connectivity index (χ2n) is 8.82. The third-order valence-electron chi connectivity index (χ3n) is 6.67. The van der Waals surface area contributed by atoms with Crippen LogP contribution < -0.4 is 0 Å². The fourth-order valence-electron chi connectivity index (χ4n) is 4.70. The van der Waals surface area contributed by atoms with Gasteiger partial charge in [0, 0.05) is 18.0 Å². The summed E-state index contributed by atoms with van der Waals surface area (Å²) in [4.78, 5) is 0.354. The van der Waals surface area contributed by atoms with Crippen molar-refractivity contribution in [3.8, 4) is 0 Å². The lowest BCUT2D eigenvalue weighted by Crippen LogP contribution is -2.37. The van der Waals surface area contributed by atoms with E-state index < -0.39 is 15.4 Å². The first-order chi connectivity index (χ1) is 15.4. The van der Waals surface area contributed by atoms with Gasteiger partial charge in [0.05, 0.1) is 4.90 Å². The van der Waals surface area contributed by atoms with E-state index in [0.717, 1.165) is 23.1 Å². The highest BCUT2D eigenvalue weighted by Gasteiger charge is 2.50. The maximum atomic E-state index is 13.9. The summed E-state index contributed by atoms with van der Waals surface area (Å²) in [6.45, 7) is 6.58. The number of rotatable bonds is 6. The van der Waals surface area contributed by atoms with Crippen LogP contribution >= 0.6 is 0 Å². The monoisotopic (exact) mass is 445 g/mol. The minimum Gasteiger partial charge on any atom is -0.207 e. The summed E-state index contributed by atoms with van der Waals surface area (Å²) in [6, 6.07) is 27.7. The molecule has 0 aliphatic carbocycles. The molecule has 4 rings (SSSR count). The number of hydrogen-bond donors (Lipinski definition) is 0. The third kappa shape index (κ3) is 4.17. The Labute approximate surface area is 192 Å². The van der Waals surface area contributed by atoms with Gasteiger partial charge in [0.25, 0.3) is 0 Å². The largest absolute Gasteiger partial charge is 0.243 e. The number of hydrogen-bond acceptors (Lipinski definition) is 2. The molecule has 166 valence electrons. The zero-order valence-electron chi connectivity index (χ0n) is 19.0. The Bertz CT molecular complexity index is 1140. The van der Waals surface area contributed by atoms with Crippen LogP contribution in [0.2, 0.25) is 0 Å². The Kier molecular flexibility index (Phi) is 6.36. The third-order valence-corrected chi connectivity index (χ3v) is 8.55. The summed E-state index contributed by atoms with van der Waals surface area (Å²) < 4.78 is 29.5. The molecule has 0 aromatic heterocycles. The highest BCUT2D eigenvalue weighted by atomic mass is 32.2. The highest BCUT2D eigenvalue weighted by Crippen LogP contribution is 2.46. The molecular formula is C28H31NO2S. The minimum atomic E-state index is -3.66. The standard InChI is InChI=1S/C28H31NO2S/c1-4-22(2)19-26-20-28(24-11-7-5-8-12-24,25-13-9-6-10-14-25)21-29(26)32(30,31)27-17-15-23(3)16-18-27/h5-19,26H,4,20-21H2,1-3H3/b22-19+/t26-/m1/s1. The maximum absolute atomic E-state index is 13.9. The Morgan fingerprint density at radius 2 is 1.47 bits per heavy atom. The molecule has 0 bridgehead atoms. The van der Waals surface area contributed by atoms with Crippen molar-refractivity contribution in [2.24, 2.45) is 0 Å². The normalized spacial score (nSPS) is 19.2. The van der Waals surface area contributed by atoms with E-state index in [0.29, 0.717) is 17.9 Å². The molecule has 0 unspecified atom stereocenters. The molecule has 0 N–H and O–H groups in total. The SMILES string of the molecule is CC/C(C)=C/[C@@H]1CC(c2ccccc2)(c2ccccc2)CN1S(=O)(=O)c1ccc(C)cc1. The zero-order valence-corrected chi connectivity index (χ0v) is 19.8. The van der Waals surface area contributed by atoms with Crippen molar-refractivity contribution < 1.29 is 8.42 Å². The lowest BCUT2D eigenvalue weighted by atomic mass is 9.73. The smallest absolute Gasteiger partial charge is 0.207 e. The summed E-state index contributed by atoms with van der Waals surface area (Å²) in [5.41, 5.74) is 4.15. The number of benzene rings is 3. The second kappa shape index (κ2) is 9.05. The van der Waals surface area contributed by atoms with Gasteiger partial charge >= 0.3 is 0 Å². The number of nitrogens with zero attached hydrogens (tertiary/aromatic N) is 1. The van der Waals surface area contributed by atoms with Crippen molar-refractivity contribution in [2.45, 2.75) is 50.0 Å². The molecule has 1 atom stereocenters. The fraction of sp³-hybridized carbons (Fsp3) is 0.286. The van der Waals surface area contributed by atoms with E-state index in [4.69, 9.17) is 0 Å². The molecule has 0 amide bonds. The van der Waals surface area contributed by atoms with Crippen LogP contribution in [0, 0.1) is 6.92 Å². The summed E-state index contributed by atoms with van der Waals surface area (Å²) in [7, 11) is -3.66. The molecule has 3 aromatic carbocycles. The van der Waals surface area contributed by atoms with E-state index in [1.807, 2.05) is 55.5 Å². The molecule has 4 heteroatoms. The first-order valence-electron chi connectivity index (χ1n) is 11.2. The van der Waals surface area contributed by atoms with E-state index in [9.17, 15) is 8.42 Å². The van der Waals surface area contributed by atoms with Crippen molar-refractivity contribution in [3.63, 3.8) is 0 Å². The Morgan fingerprint density at radius 3 is 1.97 bits per heavy atom. The molecule has 1 heterocycles. The van der Waals surface area contributed by atoms with Crippen LogP contribution in [0.3, 0.4) is 0 Å². The number of allylic oxidation sites excluding steroid dienone is 1. The molecule has 1 fully saturated rings. The predicted molar refractivity (Wildman–Crippen MR) is 131 cm³/mol. The number of sulfonamides is 1. The lowest BCUT2D eigenvalue weighted by Gasteiger charge is -2.30. The van der Waals surface area contributed by atoms with E-state index >= 15 is 0 Å². The van der Waals surface area contributed by atoms with Crippen molar-refractivity contribution in [1.29, 1.82) is 0 Å². The van der Waals surface area contributed by atoms with Gasteiger partial charge in [0.2, 0.25) is 10.0 Å². The van der Waals surface area contributed by atoms with Crippen molar-refractivity contribution >= 4 is 10.0 Å². The predicted octanol–water partition coefficient (Wildman–Crippen LogP) is 6.10.